The third-order valence-electron chi connectivity index (χ3n) is 3.88. The molecule has 1 amide bonds. The van der Waals surface area contributed by atoms with Gasteiger partial charge in [0, 0.05) is 12.1 Å². The number of carbonyl (C=O) groups excluding carboxylic acids is 1. The Labute approximate surface area is 118 Å². The number of carbonyl (C=O) groups is 1. The number of rotatable bonds is 4. The van der Waals surface area contributed by atoms with E-state index in [1.807, 2.05) is 0 Å². The smallest absolute Gasteiger partial charge is 0.252 e. The van der Waals surface area contributed by atoms with Crippen molar-refractivity contribution in [3.8, 4) is 11.8 Å². The van der Waals surface area contributed by atoms with Gasteiger partial charge in [-0.3, -0.25) is 4.79 Å². The van der Waals surface area contributed by atoms with Crippen LogP contribution in [0.3, 0.4) is 0 Å². The molecular weight excluding hydrogens is 255 g/mol. The van der Waals surface area contributed by atoms with Gasteiger partial charge in [0.25, 0.3) is 5.91 Å². The fraction of sp³-hybridized carbons (Fsp3) is 0.438. The van der Waals surface area contributed by atoms with Crippen LogP contribution in [-0.2, 0) is 0 Å². The quantitative estimate of drug-likeness (QED) is 0.826. The van der Waals surface area contributed by atoms with Gasteiger partial charge in [0.2, 0.25) is 0 Å². The average Bonchev–Trinajstić information content (AvgIpc) is 3.24. The number of nitrogens with two attached hydrogens (primary N) is 1. The lowest BCUT2D eigenvalue weighted by atomic mass is 10.0. The molecule has 1 aromatic carbocycles. The maximum atomic E-state index is 13.3. The molecule has 3 N–H and O–H groups in total. The van der Waals surface area contributed by atoms with E-state index in [2.05, 4.69) is 24.1 Å². The standard InChI is InChI=1S/C16H19FN2O/c1-2-16(7-8-16)11-19-15(20)14-10-13(17)6-5-12(14)4-3-9-18/h5-6,10H,2,7-9,11,18H2,1H3,(H,19,20). The van der Waals surface area contributed by atoms with Crippen LogP contribution in [0.1, 0.15) is 42.1 Å². The van der Waals surface area contributed by atoms with Gasteiger partial charge in [-0.1, -0.05) is 18.8 Å². The molecule has 1 aliphatic carbocycles. The van der Waals surface area contributed by atoms with Gasteiger partial charge in [-0.15, -0.1) is 0 Å². The Balaban J connectivity index is 2.13. The van der Waals surface area contributed by atoms with Crippen molar-refractivity contribution in [2.45, 2.75) is 26.2 Å². The van der Waals surface area contributed by atoms with Crippen LogP contribution in [0, 0.1) is 23.1 Å². The van der Waals surface area contributed by atoms with Crippen LogP contribution in [0.25, 0.3) is 0 Å². The summed E-state index contributed by atoms with van der Waals surface area (Å²) in [7, 11) is 0. The van der Waals surface area contributed by atoms with Gasteiger partial charge < -0.3 is 11.1 Å². The summed E-state index contributed by atoms with van der Waals surface area (Å²) in [6.07, 6.45) is 3.34. The first-order valence-electron chi connectivity index (χ1n) is 6.87. The molecule has 1 aromatic rings. The van der Waals surface area contributed by atoms with Crippen molar-refractivity contribution in [2.24, 2.45) is 11.1 Å². The fourth-order valence-corrected chi connectivity index (χ4v) is 2.15. The Hall–Kier alpha value is -1.86. The highest BCUT2D eigenvalue weighted by Gasteiger charge is 2.40. The Morgan fingerprint density at radius 1 is 1.50 bits per heavy atom. The van der Waals surface area contributed by atoms with Crippen molar-refractivity contribution in [1.29, 1.82) is 0 Å². The number of hydrogen-bond acceptors (Lipinski definition) is 2. The lowest BCUT2D eigenvalue weighted by molar-refractivity contribution is 0.0943. The summed E-state index contributed by atoms with van der Waals surface area (Å²) in [5, 5.41) is 2.89. The summed E-state index contributed by atoms with van der Waals surface area (Å²) >= 11 is 0. The number of amides is 1. The first-order chi connectivity index (χ1) is 9.60. The zero-order valence-electron chi connectivity index (χ0n) is 11.6. The number of hydrogen-bond donors (Lipinski definition) is 2. The molecule has 0 heterocycles. The van der Waals surface area contributed by atoms with Gasteiger partial charge in [-0.25, -0.2) is 4.39 Å². The average molecular weight is 274 g/mol. The van der Waals surface area contributed by atoms with Gasteiger partial charge in [-0.05, 0) is 42.9 Å². The minimum atomic E-state index is -0.440. The molecule has 0 aromatic heterocycles. The molecule has 0 bridgehead atoms. The van der Waals surface area contributed by atoms with E-state index in [0.29, 0.717) is 12.1 Å². The third kappa shape index (κ3) is 3.37. The molecule has 0 saturated heterocycles. The first-order valence-corrected chi connectivity index (χ1v) is 6.87. The van der Waals surface area contributed by atoms with Crippen molar-refractivity contribution >= 4 is 5.91 Å². The van der Waals surface area contributed by atoms with Gasteiger partial charge in [-0.2, -0.15) is 0 Å². The molecule has 3 nitrogen and oxygen atoms in total. The Kier molecular flexibility index (Phi) is 4.41. The largest absolute Gasteiger partial charge is 0.351 e. The molecule has 1 fully saturated rings. The van der Waals surface area contributed by atoms with Crippen molar-refractivity contribution in [3.63, 3.8) is 0 Å². The predicted octanol–water partition coefficient (Wildman–Crippen LogP) is 2.06. The molecule has 0 atom stereocenters. The summed E-state index contributed by atoms with van der Waals surface area (Å²) in [5.74, 6) is 4.78. The Morgan fingerprint density at radius 2 is 2.25 bits per heavy atom. The SMILES string of the molecule is CCC1(CNC(=O)c2cc(F)ccc2C#CCN)CC1. The van der Waals surface area contributed by atoms with Gasteiger partial charge in [0.15, 0.2) is 0 Å². The lowest BCUT2D eigenvalue weighted by Gasteiger charge is -2.14. The molecular formula is C16H19FN2O. The highest BCUT2D eigenvalue weighted by atomic mass is 19.1. The summed E-state index contributed by atoms with van der Waals surface area (Å²) in [4.78, 5) is 12.2. The van der Waals surface area contributed by atoms with Crippen molar-refractivity contribution in [3.05, 3.63) is 35.1 Å². The first kappa shape index (κ1) is 14.5. The summed E-state index contributed by atoms with van der Waals surface area (Å²) in [5.41, 5.74) is 6.37. The lowest BCUT2D eigenvalue weighted by Crippen LogP contribution is -2.30. The second-order valence-corrected chi connectivity index (χ2v) is 5.23. The van der Waals surface area contributed by atoms with Crippen molar-refractivity contribution < 1.29 is 9.18 Å². The van der Waals surface area contributed by atoms with Gasteiger partial charge >= 0.3 is 0 Å². The normalized spacial score (nSPS) is 15.2. The van der Waals surface area contributed by atoms with Crippen LogP contribution in [-0.4, -0.2) is 19.0 Å². The van der Waals surface area contributed by atoms with E-state index in [1.54, 1.807) is 0 Å². The minimum Gasteiger partial charge on any atom is -0.351 e. The number of benzene rings is 1. The number of nitrogens with one attached hydrogen (secondary N) is 1. The molecule has 1 saturated carbocycles. The Morgan fingerprint density at radius 3 is 2.85 bits per heavy atom. The van der Waals surface area contributed by atoms with Crippen LogP contribution in [0.5, 0.6) is 0 Å². The van der Waals surface area contributed by atoms with Crippen LogP contribution in [0.4, 0.5) is 4.39 Å². The molecule has 4 heteroatoms. The van der Waals surface area contributed by atoms with E-state index in [0.717, 1.165) is 19.3 Å². The highest BCUT2D eigenvalue weighted by molar-refractivity contribution is 5.96. The monoisotopic (exact) mass is 274 g/mol. The van der Waals surface area contributed by atoms with Crippen LogP contribution in [0.2, 0.25) is 0 Å². The molecule has 0 unspecified atom stereocenters. The van der Waals surface area contributed by atoms with Gasteiger partial charge in [0.05, 0.1) is 12.1 Å². The zero-order chi connectivity index (χ0) is 14.6. The summed E-state index contributed by atoms with van der Waals surface area (Å²) < 4.78 is 13.3. The summed E-state index contributed by atoms with van der Waals surface area (Å²) in [6, 6.07) is 4.03. The Bertz CT molecular complexity index is 568. The van der Waals surface area contributed by atoms with Crippen LogP contribution in [0.15, 0.2) is 18.2 Å². The molecule has 0 radical (unpaired) electrons. The molecule has 20 heavy (non-hydrogen) atoms. The zero-order valence-corrected chi connectivity index (χ0v) is 11.6. The molecule has 1 aliphatic rings. The topological polar surface area (TPSA) is 55.1 Å². The van der Waals surface area contributed by atoms with E-state index < -0.39 is 5.82 Å². The maximum absolute atomic E-state index is 13.3. The minimum absolute atomic E-state index is 0.206. The maximum Gasteiger partial charge on any atom is 0.252 e. The number of halogens is 1. The van der Waals surface area contributed by atoms with Crippen molar-refractivity contribution in [1.82, 2.24) is 5.32 Å². The van der Waals surface area contributed by atoms with Crippen molar-refractivity contribution in [2.75, 3.05) is 13.1 Å². The highest BCUT2D eigenvalue weighted by Crippen LogP contribution is 2.47. The molecule has 2 rings (SSSR count). The van der Waals surface area contributed by atoms with E-state index >= 15 is 0 Å². The molecule has 0 spiro atoms. The van der Waals surface area contributed by atoms with E-state index in [4.69, 9.17) is 5.73 Å². The van der Waals surface area contributed by atoms with Gasteiger partial charge in [0.1, 0.15) is 5.82 Å². The third-order valence-corrected chi connectivity index (χ3v) is 3.88. The predicted molar refractivity (Wildman–Crippen MR) is 76.6 cm³/mol. The summed E-state index contributed by atoms with van der Waals surface area (Å²) in [6.45, 7) is 2.97. The van der Waals surface area contributed by atoms with E-state index in [-0.39, 0.29) is 23.4 Å². The van der Waals surface area contributed by atoms with E-state index in [9.17, 15) is 9.18 Å². The second kappa shape index (κ2) is 6.06. The molecule has 0 aliphatic heterocycles. The molecule has 106 valence electrons. The van der Waals surface area contributed by atoms with Crippen LogP contribution >= 0.6 is 0 Å². The fourth-order valence-electron chi connectivity index (χ4n) is 2.15. The van der Waals surface area contributed by atoms with E-state index in [1.165, 1.54) is 18.2 Å². The second-order valence-electron chi connectivity index (χ2n) is 5.23. The van der Waals surface area contributed by atoms with Crippen LogP contribution < -0.4 is 11.1 Å².